The fourth-order valence-electron chi connectivity index (χ4n) is 7.76. The topological polar surface area (TPSA) is 46.8 Å². The Morgan fingerprint density at radius 2 is 1.10 bits per heavy atom. The second-order valence-electron chi connectivity index (χ2n) is 12.7. The lowest BCUT2D eigenvalue weighted by molar-refractivity contribution is 0.654. The van der Waals surface area contributed by atoms with Crippen molar-refractivity contribution >= 4 is 77.2 Å². The van der Waals surface area contributed by atoms with E-state index in [0.29, 0.717) is 0 Å². The van der Waals surface area contributed by atoms with E-state index in [0.717, 1.165) is 83.2 Å². The van der Waals surface area contributed by atoms with Gasteiger partial charge in [-0.2, -0.15) is 0 Å². The summed E-state index contributed by atoms with van der Waals surface area (Å²) in [6.07, 6.45) is -0.0717. The zero-order chi connectivity index (χ0) is 32.1. The van der Waals surface area contributed by atoms with Gasteiger partial charge in [-0.3, -0.25) is 4.90 Å². The first-order valence-electron chi connectivity index (χ1n) is 16.6. The number of aromatic nitrogens is 1. The molecular weight excluding hydrogens is 603 g/mol. The molecule has 3 aromatic heterocycles. The van der Waals surface area contributed by atoms with Gasteiger partial charge in [0.1, 0.15) is 22.6 Å². The molecule has 0 saturated heterocycles. The number of hydrogen-bond acceptors (Lipinski definition) is 4. The molecule has 11 rings (SSSR count). The number of furan rings is 2. The van der Waals surface area contributed by atoms with Gasteiger partial charge in [-0.15, -0.1) is 0 Å². The van der Waals surface area contributed by atoms with Gasteiger partial charge in [0, 0.05) is 49.6 Å². The summed E-state index contributed by atoms with van der Waals surface area (Å²) in [5.41, 5.74) is 9.93. The second kappa shape index (κ2) is 9.96. The van der Waals surface area contributed by atoms with Crippen molar-refractivity contribution < 1.29 is 8.83 Å². The Hall–Kier alpha value is -6.59. The van der Waals surface area contributed by atoms with E-state index >= 15 is 0 Å². The van der Waals surface area contributed by atoms with Crippen molar-refractivity contribution in [2.75, 3.05) is 4.90 Å². The van der Waals surface area contributed by atoms with Crippen LogP contribution in [0.2, 0.25) is 0 Å². The predicted molar refractivity (Wildman–Crippen MR) is 200 cm³/mol. The standard InChI is InChI=1S/C44H27N3O2/c1-3-12-27(13-4-1)43-45-44(46(43)29-14-5-2-6-15-29)28-22-23-32-34-25-35-33-18-11-21-38(42(33)49-41(35)26-40(34)48-39(32)24-28)47-36-19-9-7-16-30(36)31-17-8-10-20-37(31)47/h1-26,43H. The average molecular weight is 630 g/mol. The van der Waals surface area contributed by atoms with E-state index in [-0.39, 0.29) is 6.17 Å². The van der Waals surface area contributed by atoms with Crippen molar-refractivity contribution in [3.8, 4) is 5.69 Å². The molecule has 0 spiro atoms. The van der Waals surface area contributed by atoms with Crippen molar-refractivity contribution in [3.63, 3.8) is 0 Å². The van der Waals surface area contributed by atoms with Crippen LogP contribution in [0.4, 0.5) is 5.69 Å². The Balaban J connectivity index is 1.05. The lowest BCUT2D eigenvalue weighted by atomic mass is 10.0. The summed E-state index contributed by atoms with van der Waals surface area (Å²) in [6.45, 7) is 0. The van der Waals surface area contributed by atoms with Gasteiger partial charge in [0.15, 0.2) is 11.7 Å². The number of anilines is 1. The van der Waals surface area contributed by atoms with Crippen LogP contribution in [0.1, 0.15) is 17.3 Å². The number of nitrogens with zero attached hydrogens (tertiary/aromatic N) is 3. The normalized spacial score (nSPS) is 14.8. The highest BCUT2D eigenvalue weighted by Crippen LogP contribution is 2.42. The number of fused-ring (bicyclic) bond motifs is 9. The first kappa shape index (κ1) is 26.5. The fourth-order valence-corrected chi connectivity index (χ4v) is 7.76. The molecule has 1 aliphatic heterocycles. The number of para-hydroxylation sites is 4. The molecule has 0 N–H and O–H groups in total. The third-order valence-corrected chi connectivity index (χ3v) is 10.00. The van der Waals surface area contributed by atoms with E-state index in [4.69, 9.17) is 13.8 Å². The average Bonchev–Trinajstić information content (AvgIpc) is 3.80. The Bertz CT molecular complexity index is 2900. The Morgan fingerprint density at radius 1 is 0.469 bits per heavy atom. The Labute approximate surface area is 280 Å². The highest BCUT2D eigenvalue weighted by molar-refractivity contribution is 6.19. The van der Waals surface area contributed by atoms with Gasteiger partial charge in [0.2, 0.25) is 0 Å². The summed E-state index contributed by atoms with van der Waals surface area (Å²) < 4.78 is 15.6. The monoisotopic (exact) mass is 629 g/mol. The molecule has 0 saturated carbocycles. The maximum absolute atomic E-state index is 6.71. The number of aliphatic imine (C=N–C) groups is 1. The largest absolute Gasteiger partial charge is 0.456 e. The van der Waals surface area contributed by atoms with E-state index in [2.05, 4.69) is 149 Å². The molecule has 0 bridgehead atoms. The van der Waals surface area contributed by atoms with Crippen LogP contribution in [-0.4, -0.2) is 10.4 Å². The van der Waals surface area contributed by atoms with Crippen molar-refractivity contribution in [1.82, 2.24) is 4.57 Å². The lowest BCUT2D eigenvalue weighted by Crippen LogP contribution is -2.43. The van der Waals surface area contributed by atoms with Gasteiger partial charge >= 0.3 is 0 Å². The van der Waals surface area contributed by atoms with Gasteiger partial charge < -0.3 is 13.4 Å². The van der Waals surface area contributed by atoms with E-state index in [1.54, 1.807) is 0 Å². The van der Waals surface area contributed by atoms with Crippen molar-refractivity contribution in [1.29, 1.82) is 0 Å². The van der Waals surface area contributed by atoms with E-state index in [1.165, 1.54) is 10.8 Å². The minimum Gasteiger partial charge on any atom is -0.456 e. The molecule has 230 valence electrons. The molecule has 5 nitrogen and oxygen atoms in total. The first-order chi connectivity index (χ1) is 24.3. The van der Waals surface area contributed by atoms with Crippen LogP contribution in [-0.2, 0) is 0 Å². The SMILES string of the molecule is c1ccc(C2N=C(c3ccc4c(c3)oc3cc5oc6c(-n7c8ccccc8c8ccccc87)cccc6c5cc34)N2c2ccccc2)cc1. The van der Waals surface area contributed by atoms with Gasteiger partial charge in [-0.05, 0) is 54.1 Å². The van der Waals surface area contributed by atoms with Crippen LogP contribution in [0, 0.1) is 0 Å². The van der Waals surface area contributed by atoms with E-state index in [9.17, 15) is 0 Å². The molecule has 0 fully saturated rings. The van der Waals surface area contributed by atoms with E-state index < -0.39 is 0 Å². The van der Waals surface area contributed by atoms with Crippen molar-refractivity contribution in [3.05, 3.63) is 169 Å². The summed E-state index contributed by atoms with van der Waals surface area (Å²) in [5, 5.41) is 6.74. The molecule has 1 unspecified atom stereocenters. The van der Waals surface area contributed by atoms with Crippen LogP contribution in [0.25, 0.3) is 71.4 Å². The van der Waals surface area contributed by atoms with Crippen LogP contribution in [0.3, 0.4) is 0 Å². The predicted octanol–water partition coefficient (Wildman–Crippen LogP) is 11.5. The summed E-state index contributed by atoms with van der Waals surface area (Å²) in [5.74, 6) is 0.930. The van der Waals surface area contributed by atoms with Crippen molar-refractivity contribution in [2.24, 2.45) is 4.99 Å². The summed E-state index contributed by atoms with van der Waals surface area (Å²) in [7, 11) is 0. The summed E-state index contributed by atoms with van der Waals surface area (Å²) in [4.78, 5) is 7.40. The van der Waals surface area contributed by atoms with Crippen LogP contribution < -0.4 is 4.90 Å². The Kier molecular flexibility index (Phi) is 5.38. The summed E-state index contributed by atoms with van der Waals surface area (Å²) in [6, 6.07) is 55.2. The van der Waals surface area contributed by atoms with Crippen LogP contribution in [0.15, 0.2) is 172 Å². The van der Waals surface area contributed by atoms with Crippen molar-refractivity contribution in [2.45, 2.75) is 6.17 Å². The lowest BCUT2D eigenvalue weighted by Gasteiger charge is -2.40. The van der Waals surface area contributed by atoms with E-state index in [1.807, 2.05) is 18.2 Å². The molecule has 0 amide bonds. The first-order valence-corrected chi connectivity index (χ1v) is 16.6. The smallest absolute Gasteiger partial charge is 0.159 e. The molecule has 10 aromatic rings. The third-order valence-electron chi connectivity index (χ3n) is 10.00. The van der Waals surface area contributed by atoms with Gasteiger partial charge in [0.25, 0.3) is 0 Å². The maximum Gasteiger partial charge on any atom is 0.159 e. The number of hydrogen-bond donors (Lipinski definition) is 0. The number of rotatable bonds is 4. The van der Waals surface area contributed by atoms with Gasteiger partial charge in [-0.25, -0.2) is 4.99 Å². The molecule has 1 aliphatic rings. The highest BCUT2D eigenvalue weighted by atomic mass is 16.3. The minimum absolute atomic E-state index is 0.0717. The zero-order valence-electron chi connectivity index (χ0n) is 26.2. The summed E-state index contributed by atoms with van der Waals surface area (Å²) >= 11 is 0. The number of benzene rings is 7. The second-order valence-corrected chi connectivity index (χ2v) is 12.7. The molecule has 1 atom stereocenters. The maximum atomic E-state index is 6.71. The Morgan fingerprint density at radius 3 is 1.88 bits per heavy atom. The van der Waals surface area contributed by atoms with Crippen LogP contribution in [0.5, 0.6) is 0 Å². The molecule has 4 heterocycles. The molecule has 5 heteroatoms. The zero-order valence-corrected chi connectivity index (χ0v) is 26.2. The van der Waals surface area contributed by atoms with Gasteiger partial charge in [-0.1, -0.05) is 103 Å². The third kappa shape index (κ3) is 3.78. The molecule has 0 radical (unpaired) electrons. The molecule has 0 aliphatic carbocycles. The van der Waals surface area contributed by atoms with Crippen LogP contribution >= 0.6 is 0 Å². The highest BCUT2D eigenvalue weighted by Gasteiger charge is 2.34. The molecule has 7 aromatic carbocycles. The molecular formula is C44H27N3O2. The molecule has 49 heavy (non-hydrogen) atoms. The number of amidine groups is 1. The fraction of sp³-hybridized carbons (Fsp3) is 0.0227. The van der Waals surface area contributed by atoms with Gasteiger partial charge in [0.05, 0.1) is 16.7 Å². The quantitative estimate of drug-likeness (QED) is 0.195. The minimum atomic E-state index is -0.0717.